The minimum atomic E-state index is -1.57. The SMILES string of the molecule is CCN(C)CCNC(=O)NCC(O)C(=O)O. The molecule has 0 spiro atoms. The Morgan fingerprint density at radius 1 is 1.38 bits per heavy atom. The summed E-state index contributed by atoms with van der Waals surface area (Å²) >= 11 is 0. The molecule has 0 bridgehead atoms. The van der Waals surface area contributed by atoms with Gasteiger partial charge in [-0.15, -0.1) is 0 Å². The van der Waals surface area contributed by atoms with Crippen LogP contribution >= 0.6 is 0 Å². The first-order valence-corrected chi connectivity index (χ1v) is 5.08. The number of carbonyl (C=O) groups excluding carboxylic acids is 1. The first-order valence-electron chi connectivity index (χ1n) is 5.08. The summed E-state index contributed by atoms with van der Waals surface area (Å²) in [5, 5.41) is 22.0. The molecule has 1 unspecified atom stereocenters. The first kappa shape index (κ1) is 14.7. The lowest BCUT2D eigenvalue weighted by molar-refractivity contribution is -0.146. The number of nitrogens with one attached hydrogen (secondary N) is 2. The Labute approximate surface area is 94.4 Å². The molecule has 7 heteroatoms. The normalized spacial score (nSPS) is 12.2. The molecule has 0 aromatic heterocycles. The van der Waals surface area contributed by atoms with E-state index in [4.69, 9.17) is 10.2 Å². The zero-order valence-corrected chi connectivity index (χ0v) is 9.56. The average Bonchev–Trinajstić information content (AvgIpc) is 2.25. The van der Waals surface area contributed by atoms with Gasteiger partial charge in [-0.3, -0.25) is 0 Å². The van der Waals surface area contributed by atoms with Crippen molar-refractivity contribution in [2.45, 2.75) is 13.0 Å². The number of carboxylic acid groups (broad SMARTS) is 1. The summed E-state index contributed by atoms with van der Waals surface area (Å²) in [5.41, 5.74) is 0. The van der Waals surface area contributed by atoms with Gasteiger partial charge in [0.05, 0.1) is 6.54 Å². The largest absolute Gasteiger partial charge is 0.479 e. The van der Waals surface area contributed by atoms with Crippen molar-refractivity contribution in [2.75, 3.05) is 33.2 Å². The van der Waals surface area contributed by atoms with E-state index < -0.39 is 18.1 Å². The van der Waals surface area contributed by atoms with Crippen LogP contribution in [0.15, 0.2) is 0 Å². The van der Waals surface area contributed by atoms with Crippen LogP contribution in [0.25, 0.3) is 0 Å². The Hall–Kier alpha value is -1.34. The van der Waals surface area contributed by atoms with E-state index in [-0.39, 0.29) is 6.54 Å². The van der Waals surface area contributed by atoms with Gasteiger partial charge in [0, 0.05) is 13.1 Å². The number of urea groups is 1. The Morgan fingerprint density at radius 3 is 2.50 bits per heavy atom. The number of nitrogens with zero attached hydrogens (tertiary/aromatic N) is 1. The second-order valence-electron chi connectivity index (χ2n) is 3.39. The van der Waals surface area contributed by atoms with E-state index in [9.17, 15) is 9.59 Å². The molecule has 0 radical (unpaired) electrons. The van der Waals surface area contributed by atoms with Crippen LogP contribution < -0.4 is 10.6 Å². The van der Waals surface area contributed by atoms with Crippen LogP contribution in [-0.2, 0) is 4.79 Å². The molecule has 7 nitrogen and oxygen atoms in total. The van der Waals surface area contributed by atoms with E-state index in [0.717, 1.165) is 6.54 Å². The maximum atomic E-state index is 11.1. The fraction of sp³-hybridized carbons (Fsp3) is 0.778. The van der Waals surface area contributed by atoms with Gasteiger partial charge in [0.1, 0.15) is 0 Å². The first-order chi connectivity index (χ1) is 7.47. The third-order valence-electron chi connectivity index (χ3n) is 2.06. The van der Waals surface area contributed by atoms with Gasteiger partial charge < -0.3 is 25.7 Å². The summed E-state index contributed by atoms with van der Waals surface area (Å²) < 4.78 is 0. The highest BCUT2D eigenvalue weighted by Crippen LogP contribution is 1.80. The standard InChI is InChI=1S/C9H19N3O4/c1-3-12(2)5-4-10-9(16)11-6-7(13)8(14)15/h7,13H,3-6H2,1-2H3,(H,14,15)(H2,10,11,16). The van der Waals surface area contributed by atoms with Gasteiger partial charge in [-0.25, -0.2) is 9.59 Å². The number of hydrogen-bond acceptors (Lipinski definition) is 4. The second kappa shape index (κ2) is 7.89. The third-order valence-corrected chi connectivity index (χ3v) is 2.06. The van der Waals surface area contributed by atoms with Crippen LogP contribution in [0.5, 0.6) is 0 Å². The van der Waals surface area contributed by atoms with Crippen LogP contribution in [0.2, 0.25) is 0 Å². The summed E-state index contributed by atoms with van der Waals surface area (Å²) in [6, 6.07) is -0.482. The number of carbonyl (C=O) groups is 2. The quantitative estimate of drug-likeness (QED) is 0.437. The van der Waals surface area contributed by atoms with Crippen LogP contribution in [0.1, 0.15) is 6.92 Å². The molecular weight excluding hydrogens is 214 g/mol. The molecule has 0 rings (SSSR count). The summed E-state index contributed by atoms with van der Waals surface area (Å²) in [6.07, 6.45) is -1.57. The second-order valence-corrected chi connectivity index (χ2v) is 3.39. The molecule has 0 saturated heterocycles. The molecule has 0 fully saturated rings. The Kier molecular flexibility index (Phi) is 7.23. The minimum Gasteiger partial charge on any atom is -0.479 e. The zero-order chi connectivity index (χ0) is 12.6. The fourth-order valence-corrected chi connectivity index (χ4v) is 0.858. The van der Waals surface area contributed by atoms with Crippen LogP contribution in [0, 0.1) is 0 Å². The van der Waals surface area contributed by atoms with Crippen molar-refractivity contribution in [1.82, 2.24) is 15.5 Å². The molecule has 0 aliphatic heterocycles. The fourth-order valence-electron chi connectivity index (χ4n) is 0.858. The van der Waals surface area contributed by atoms with Gasteiger partial charge in [-0.1, -0.05) is 6.92 Å². The highest BCUT2D eigenvalue weighted by Gasteiger charge is 2.13. The molecule has 0 heterocycles. The number of aliphatic carboxylic acids is 1. The van der Waals surface area contributed by atoms with Crippen molar-refractivity contribution in [3.8, 4) is 0 Å². The molecule has 1 atom stereocenters. The van der Waals surface area contributed by atoms with Gasteiger partial charge in [0.2, 0.25) is 0 Å². The van der Waals surface area contributed by atoms with Crippen molar-refractivity contribution >= 4 is 12.0 Å². The number of aliphatic hydroxyl groups excluding tert-OH is 1. The van der Waals surface area contributed by atoms with Crippen molar-refractivity contribution in [3.63, 3.8) is 0 Å². The van der Waals surface area contributed by atoms with Crippen LogP contribution in [0.3, 0.4) is 0 Å². The summed E-state index contributed by atoms with van der Waals surface area (Å²) in [7, 11) is 1.92. The molecule has 0 aliphatic rings. The average molecular weight is 233 g/mol. The topological polar surface area (TPSA) is 102 Å². The summed E-state index contributed by atoms with van der Waals surface area (Å²) in [4.78, 5) is 23.3. The molecule has 0 aromatic carbocycles. The maximum Gasteiger partial charge on any atom is 0.334 e. The lowest BCUT2D eigenvalue weighted by Gasteiger charge is -2.14. The predicted molar refractivity (Wildman–Crippen MR) is 58.2 cm³/mol. The van der Waals surface area contributed by atoms with Crippen LogP contribution in [0.4, 0.5) is 4.79 Å². The van der Waals surface area contributed by atoms with Crippen LogP contribution in [-0.4, -0.2) is 66.4 Å². The van der Waals surface area contributed by atoms with E-state index in [1.165, 1.54) is 0 Å². The lowest BCUT2D eigenvalue weighted by atomic mass is 10.4. The molecule has 94 valence electrons. The molecule has 0 aromatic rings. The maximum absolute atomic E-state index is 11.1. The van der Waals surface area contributed by atoms with E-state index in [1.807, 2.05) is 18.9 Å². The summed E-state index contributed by atoms with van der Waals surface area (Å²) in [6.45, 7) is 3.78. The van der Waals surface area contributed by atoms with Gasteiger partial charge in [0.15, 0.2) is 6.10 Å². The monoisotopic (exact) mass is 233 g/mol. The minimum absolute atomic E-state index is 0.301. The number of likely N-dealkylation sites (N-methyl/N-ethyl adjacent to an activating group) is 1. The predicted octanol–water partition coefficient (Wildman–Crippen LogP) is -1.32. The van der Waals surface area contributed by atoms with Gasteiger partial charge in [-0.2, -0.15) is 0 Å². The van der Waals surface area contributed by atoms with E-state index in [2.05, 4.69) is 10.6 Å². The Bertz CT molecular complexity index is 235. The highest BCUT2D eigenvalue weighted by molar-refractivity contribution is 5.76. The molecule has 0 aliphatic carbocycles. The molecule has 2 amide bonds. The van der Waals surface area contributed by atoms with E-state index in [0.29, 0.717) is 13.1 Å². The van der Waals surface area contributed by atoms with Crippen molar-refractivity contribution < 1.29 is 19.8 Å². The van der Waals surface area contributed by atoms with Gasteiger partial charge in [-0.05, 0) is 13.6 Å². The number of amides is 2. The molecule has 4 N–H and O–H groups in total. The molecular formula is C9H19N3O4. The van der Waals surface area contributed by atoms with Gasteiger partial charge in [0.25, 0.3) is 0 Å². The smallest absolute Gasteiger partial charge is 0.334 e. The summed E-state index contributed by atoms with van der Waals surface area (Å²) in [5.74, 6) is -1.36. The molecule has 0 saturated carbocycles. The van der Waals surface area contributed by atoms with Gasteiger partial charge >= 0.3 is 12.0 Å². The number of aliphatic hydroxyl groups is 1. The zero-order valence-electron chi connectivity index (χ0n) is 9.56. The highest BCUT2D eigenvalue weighted by atomic mass is 16.4. The van der Waals surface area contributed by atoms with E-state index >= 15 is 0 Å². The molecule has 16 heavy (non-hydrogen) atoms. The number of carboxylic acids is 1. The van der Waals surface area contributed by atoms with E-state index in [1.54, 1.807) is 0 Å². The van der Waals surface area contributed by atoms with Crippen molar-refractivity contribution in [2.24, 2.45) is 0 Å². The number of rotatable bonds is 7. The Morgan fingerprint density at radius 2 is 2.00 bits per heavy atom. The van der Waals surface area contributed by atoms with Crippen molar-refractivity contribution in [1.29, 1.82) is 0 Å². The third kappa shape index (κ3) is 7.02. The Balaban J connectivity index is 3.56. The van der Waals surface area contributed by atoms with Crippen molar-refractivity contribution in [3.05, 3.63) is 0 Å². The lowest BCUT2D eigenvalue weighted by Crippen LogP contribution is -2.43. The number of hydrogen-bond donors (Lipinski definition) is 4.